The fourth-order valence-corrected chi connectivity index (χ4v) is 1.93. The number of nitrogens with one attached hydrogen (secondary N) is 2. The van der Waals surface area contributed by atoms with Gasteiger partial charge in [0.1, 0.15) is 5.82 Å². The Bertz CT molecular complexity index is 491. The second-order valence-electron chi connectivity index (χ2n) is 4.68. The topological polar surface area (TPSA) is 61.4 Å². The smallest absolute Gasteiger partial charge is 0.321 e. The monoisotopic (exact) mass is 315 g/mol. The molecule has 5 nitrogen and oxygen atoms in total. The molecule has 0 aliphatic heterocycles. The molecule has 0 spiro atoms. The van der Waals surface area contributed by atoms with Crippen LogP contribution in [-0.4, -0.2) is 37.0 Å². The summed E-state index contributed by atoms with van der Waals surface area (Å²) in [4.78, 5) is 24.5. The van der Waals surface area contributed by atoms with E-state index in [-0.39, 0.29) is 13.1 Å². The van der Waals surface area contributed by atoms with E-state index in [9.17, 15) is 14.0 Å². The zero-order valence-corrected chi connectivity index (χ0v) is 12.8. The van der Waals surface area contributed by atoms with Gasteiger partial charge >= 0.3 is 6.03 Å². The van der Waals surface area contributed by atoms with Gasteiger partial charge < -0.3 is 5.32 Å². The lowest BCUT2D eigenvalue weighted by atomic mass is 10.2. The van der Waals surface area contributed by atoms with Crippen LogP contribution in [0.2, 0.25) is 5.02 Å². The lowest BCUT2D eigenvalue weighted by Crippen LogP contribution is -2.43. The second-order valence-corrected chi connectivity index (χ2v) is 5.08. The first-order chi connectivity index (χ1) is 9.93. The summed E-state index contributed by atoms with van der Waals surface area (Å²) < 4.78 is 13.6. The predicted octanol–water partition coefficient (Wildman–Crippen LogP) is 2.15. The van der Waals surface area contributed by atoms with Crippen molar-refractivity contribution >= 4 is 23.5 Å². The molecule has 0 aliphatic carbocycles. The Morgan fingerprint density at radius 1 is 1.38 bits per heavy atom. The molecule has 0 radical (unpaired) electrons. The predicted molar refractivity (Wildman–Crippen MR) is 79.6 cm³/mol. The molecule has 7 heteroatoms. The van der Waals surface area contributed by atoms with Gasteiger partial charge in [0.25, 0.3) is 0 Å². The first-order valence-corrected chi connectivity index (χ1v) is 7.01. The molecular weight excluding hydrogens is 297 g/mol. The van der Waals surface area contributed by atoms with Crippen molar-refractivity contribution in [3.05, 3.63) is 34.6 Å². The summed E-state index contributed by atoms with van der Waals surface area (Å²) in [7, 11) is 1.65. The number of amides is 3. The fourth-order valence-electron chi connectivity index (χ4n) is 1.70. The molecule has 1 aromatic carbocycles. The maximum Gasteiger partial charge on any atom is 0.321 e. The summed E-state index contributed by atoms with van der Waals surface area (Å²) in [5.41, 5.74) is 0.324. The number of nitrogens with zero attached hydrogens (tertiary/aromatic N) is 1. The van der Waals surface area contributed by atoms with E-state index >= 15 is 0 Å². The number of urea groups is 1. The quantitative estimate of drug-likeness (QED) is 0.845. The van der Waals surface area contributed by atoms with Crippen LogP contribution >= 0.6 is 11.6 Å². The molecule has 1 aromatic rings. The lowest BCUT2D eigenvalue weighted by molar-refractivity contribution is -0.121. The first kappa shape index (κ1) is 17.4. The Balaban J connectivity index is 2.48. The van der Waals surface area contributed by atoms with Crippen molar-refractivity contribution in [3.63, 3.8) is 0 Å². The molecule has 0 bridgehead atoms. The third-order valence-corrected chi connectivity index (χ3v) is 3.05. The van der Waals surface area contributed by atoms with E-state index in [2.05, 4.69) is 10.6 Å². The van der Waals surface area contributed by atoms with Crippen molar-refractivity contribution in [1.29, 1.82) is 0 Å². The minimum Gasteiger partial charge on any atom is -0.338 e. The van der Waals surface area contributed by atoms with E-state index in [0.29, 0.717) is 17.1 Å². The van der Waals surface area contributed by atoms with Crippen LogP contribution in [0.3, 0.4) is 0 Å². The van der Waals surface area contributed by atoms with Crippen LogP contribution in [0, 0.1) is 5.82 Å². The maximum absolute atomic E-state index is 13.6. The Kier molecular flexibility index (Phi) is 7.11. The normalized spacial score (nSPS) is 10.5. The van der Waals surface area contributed by atoms with Gasteiger partial charge in [-0.15, -0.1) is 0 Å². The number of hydrogen-bond acceptors (Lipinski definition) is 3. The molecule has 0 fully saturated rings. The molecule has 0 heterocycles. The van der Waals surface area contributed by atoms with Crippen molar-refractivity contribution in [2.75, 3.05) is 20.1 Å². The van der Waals surface area contributed by atoms with E-state index in [0.717, 1.165) is 6.42 Å². The molecule has 0 aliphatic rings. The number of hydrogen-bond donors (Lipinski definition) is 2. The highest BCUT2D eigenvalue weighted by Crippen LogP contribution is 2.20. The van der Waals surface area contributed by atoms with E-state index in [1.165, 1.54) is 12.1 Å². The molecule has 0 unspecified atom stereocenters. The van der Waals surface area contributed by atoms with Gasteiger partial charge in [-0.25, -0.2) is 9.18 Å². The van der Waals surface area contributed by atoms with Crippen LogP contribution < -0.4 is 10.6 Å². The Hall–Kier alpha value is -1.66. The SMILES string of the molecule is CCCNC(=O)NC(=O)CN(C)Cc1c(F)cccc1Cl. The summed E-state index contributed by atoms with van der Waals surface area (Å²) in [5, 5.41) is 5.05. The number of halogens is 2. The standard InChI is InChI=1S/C14H19ClFN3O2/c1-3-7-17-14(21)18-13(20)9-19(2)8-10-11(15)5-4-6-12(10)16/h4-6H,3,7-9H2,1-2H3,(H2,17,18,20,21). The van der Waals surface area contributed by atoms with Gasteiger partial charge in [0.05, 0.1) is 6.54 Å². The summed E-state index contributed by atoms with van der Waals surface area (Å²) >= 11 is 5.92. The first-order valence-electron chi connectivity index (χ1n) is 6.63. The van der Waals surface area contributed by atoms with Crippen molar-refractivity contribution in [2.24, 2.45) is 0 Å². The zero-order valence-electron chi connectivity index (χ0n) is 12.1. The summed E-state index contributed by atoms with van der Waals surface area (Å²) in [6.45, 7) is 2.55. The molecule has 1 rings (SSSR count). The van der Waals surface area contributed by atoms with Crippen molar-refractivity contribution in [2.45, 2.75) is 19.9 Å². The van der Waals surface area contributed by atoms with E-state index in [4.69, 9.17) is 11.6 Å². The Morgan fingerprint density at radius 3 is 2.71 bits per heavy atom. The van der Waals surface area contributed by atoms with Crippen molar-refractivity contribution in [1.82, 2.24) is 15.5 Å². The number of likely N-dealkylation sites (N-methyl/N-ethyl adjacent to an activating group) is 1. The van der Waals surface area contributed by atoms with Gasteiger partial charge in [0.15, 0.2) is 0 Å². The largest absolute Gasteiger partial charge is 0.338 e. The van der Waals surface area contributed by atoms with E-state index < -0.39 is 17.8 Å². The van der Waals surface area contributed by atoms with Crippen LogP contribution in [0.1, 0.15) is 18.9 Å². The highest BCUT2D eigenvalue weighted by molar-refractivity contribution is 6.31. The molecule has 2 N–H and O–H groups in total. The third-order valence-electron chi connectivity index (χ3n) is 2.69. The zero-order chi connectivity index (χ0) is 15.8. The van der Waals surface area contributed by atoms with Crippen LogP contribution in [0.15, 0.2) is 18.2 Å². The highest BCUT2D eigenvalue weighted by Gasteiger charge is 2.13. The Morgan fingerprint density at radius 2 is 2.10 bits per heavy atom. The van der Waals surface area contributed by atoms with Gasteiger partial charge in [-0.3, -0.25) is 15.0 Å². The molecular formula is C14H19ClFN3O2. The van der Waals surface area contributed by atoms with E-state index in [1.807, 2.05) is 6.92 Å². The second kappa shape index (κ2) is 8.59. The minimum atomic E-state index is -0.529. The third kappa shape index (κ3) is 6.10. The molecule has 0 atom stereocenters. The average Bonchev–Trinajstić information content (AvgIpc) is 2.40. The maximum atomic E-state index is 13.6. The molecule has 116 valence electrons. The summed E-state index contributed by atoms with van der Waals surface area (Å²) in [6.07, 6.45) is 0.785. The minimum absolute atomic E-state index is 0.0375. The van der Waals surface area contributed by atoms with Crippen LogP contribution in [0.4, 0.5) is 9.18 Å². The fraction of sp³-hybridized carbons (Fsp3) is 0.429. The number of imide groups is 1. The summed E-state index contributed by atoms with van der Waals surface area (Å²) in [5.74, 6) is -0.881. The molecule has 3 amide bonds. The van der Waals surface area contributed by atoms with Gasteiger partial charge in [0.2, 0.25) is 5.91 Å². The van der Waals surface area contributed by atoms with Gasteiger partial charge in [-0.05, 0) is 25.6 Å². The van der Waals surface area contributed by atoms with Gasteiger partial charge in [0, 0.05) is 23.7 Å². The van der Waals surface area contributed by atoms with Crippen molar-refractivity contribution in [3.8, 4) is 0 Å². The van der Waals surface area contributed by atoms with E-state index in [1.54, 1.807) is 18.0 Å². The number of carbonyl (C=O) groups is 2. The molecule has 0 aromatic heterocycles. The summed E-state index contributed by atoms with van der Waals surface area (Å²) in [6, 6.07) is 3.89. The number of benzene rings is 1. The van der Waals surface area contributed by atoms with Crippen molar-refractivity contribution < 1.29 is 14.0 Å². The van der Waals surface area contributed by atoms with Gasteiger partial charge in [-0.1, -0.05) is 24.6 Å². The van der Waals surface area contributed by atoms with Crippen LogP contribution in [0.5, 0.6) is 0 Å². The average molecular weight is 316 g/mol. The molecule has 0 saturated carbocycles. The van der Waals surface area contributed by atoms with Crippen LogP contribution in [0.25, 0.3) is 0 Å². The Labute approximate surface area is 128 Å². The highest BCUT2D eigenvalue weighted by atomic mass is 35.5. The van der Waals surface area contributed by atoms with Crippen LogP contribution in [-0.2, 0) is 11.3 Å². The molecule has 0 saturated heterocycles. The number of carbonyl (C=O) groups excluding carboxylic acids is 2. The van der Waals surface area contributed by atoms with Gasteiger partial charge in [-0.2, -0.15) is 0 Å². The number of rotatable bonds is 6. The lowest BCUT2D eigenvalue weighted by Gasteiger charge is -2.17. The molecule has 21 heavy (non-hydrogen) atoms.